The van der Waals surface area contributed by atoms with Gasteiger partial charge in [0.15, 0.2) is 12.2 Å². The van der Waals surface area contributed by atoms with Crippen molar-refractivity contribution in [3.63, 3.8) is 0 Å². The van der Waals surface area contributed by atoms with Gasteiger partial charge in [0, 0.05) is 19.3 Å². The summed E-state index contributed by atoms with van der Waals surface area (Å²) >= 11 is 0. The number of esters is 4. The van der Waals surface area contributed by atoms with Crippen LogP contribution in [0.3, 0.4) is 0 Å². The summed E-state index contributed by atoms with van der Waals surface area (Å²) in [6, 6.07) is 0. The van der Waals surface area contributed by atoms with Crippen molar-refractivity contribution in [2.24, 2.45) is 0 Å². The highest BCUT2D eigenvalue weighted by atomic mass is 31.2. The highest BCUT2D eigenvalue weighted by Gasteiger charge is 2.30. The molecule has 0 heterocycles. The number of aliphatic hydroxyl groups excluding tert-OH is 1. The maximum Gasteiger partial charge on any atom is 0.472 e. The van der Waals surface area contributed by atoms with E-state index in [0.29, 0.717) is 32.1 Å². The van der Waals surface area contributed by atoms with Gasteiger partial charge in [0.05, 0.1) is 32.8 Å². The molecule has 0 saturated carbocycles. The molecule has 0 aromatic carbocycles. The fraction of sp³-hybridized carbons (Fsp3) is 0.551. The zero-order valence-electron chi connectivity index (χ0n) is 66.2. The average molecular weight is 1540 g/mol. The van der Waals surface area contributed by atoms with Gasteiger partial charge in [-0.05, 0) is 167 Å². The quantitative estimate of drug-likeness (QED) is 0.0169. The largest absolute Gasteiger partial charge is 0.472 e. The smallest absolute Gasteiger partial charge is 0.462 e. The van der Waals surface area contributed by atoms with Gasteiger partial charge in [-0.2, -0.15) is 0 Å². The molecule has 0 aliphatic heterocycles. The molecule has 0 spiro atoms. The van der Waals surface area contributed by atoms with Crippen LogP contribution in [0, 0.1) is 0 Å². The minimum Gasteiger partial charge on any atom is -0.462 e. The van der Waals surface area contributed by atoms with E-state index in [0.717, 1.165) is 173 Å². The van der Waals surface area contributed by atoms with Crippen LogP contribution in [0.2, 0.25) is 0 Å². The lowest BCUT2D eigenvalue weighted by atomic mass is 10.1. The molecule has 5 atom stereocenters. The minimum atomic E-state index is -5.03. The van der Waals surface area contributed by atoms with Crippen LogP contribution in [0.4, 0.5) is 0 Å². The van der Waals surface area contributed by atoms with Gasteiger partial charge in [0.25, 0.3) is 0 Å². The fourth-order valence-corrected chi connectivity index (χ4v) is 11.1. The van der Waals surface area contributed by atoms with Crippen LogP contribution >= 0.6 is 15.6 Å². The van der Waals surface area contributed by atoms with Gasteiger partial charge in [0.1, 0.15) is 19.3 Å². The van der Waals surface area contributed by atoms with Gasteiger partial charge >= 0.3 is 39.5 Å². The van der Waals surface area contributed by atoms with Crippen molar-refractivity contribution in [1.29, 1.82) is 0 Å². The molecular weight excluding hydrogens is 1400 g/mol. The summed E-state index contributed by atoms with van der Waals surface area (Å²) in [4.78, 5) is 73.0. The number of hydrogen-bond acceptors (Lipinski definition) is 15. The Morgan fingerprint density at radius 1 is 0.269 bits per heavy atom. The third-order valence-electron chi connectivity index (χ3n) is 15.5. The molecule has 0 aliphatic carbocycles. The Labute approximate surface area is 651 Å². The molecule has 0 aromatic rings. The topological polar surface area (TPSA) is 237 Å². The van der Waals surface area contributed by atoms with E-state index in [-0.39, 0.29) is 25.7 Å². The number of carbonyl (C=O) groups is 4. The molecule has 0 amide bonds. The summed E-state index contributed by atoms with van der Waals surface area (Å²) in [5.41, 5.74) is 0. The van der Waals surface area contributed by atoms with E-state index in [1.54, 1.807) is 12.2 Å². The molecule has 0 aliphatic rings. The van der Waals surface area contributed by atoms with E-state index in [2.05, 4.69) is 210 Å². The highest BCUT2D eigenvalue weighted by Crippen LogP contribution is 2.45. The van der Waals surface area contributed by atoms with Gasteiger partial charge in [0.2, 0.25) is 0 Å². The molecule has 108 heavy (non-hydrogen) atoms. The third kappa shape index (κ3) is 77.5. The first-order valence-electron chi connectivity index (χ1n) is 40.0. The molecule has 0 radical (unpaired) electrons. The monoisotopic (exact) mass is 1540 g/mol. The minimum absolute atomic E-state index is 0.0499. The zero-order chi connectivity index (χ0) is 78.9. The number of ether oxygens (including phenoxy) is 4. The van der Waals surface area contributed by atoms with E-state index in [4.69, 9.17) is 37.0 Å². The second-order valence-corrected chi connectivity index (χ2v) is 28.4. The number of phosphoric acid groups is 2. The van der Waals surface area contributed by atoms with Crippen molar-refractivity contribution >= 4 is 39.5 Å². The lowest BCUT2D eigenvalue weighted by Gasteiger charge is -2.21. The second-order valence-electron chi connectivity index (χ2n) is 25.5. The zero-order valence-corrected chi connectivity index (χ0v) is 68.0. The van der Waals surface area contributed by atoms with Crippen molar-refractivity contribution in [2.45, 2.75) is 277 Å². The van der Waals surface area contributed by atoms with Gasteiger partial charge in [-0.3, -0.25) is 37.3 Å². The number of phosphoric ester groups is 2. The third-order valence-corrected chi connectivity index (χ3v) is 17.4. The van der Waals surface area contributed by atoms with Crippen LogP contribution in [0.15, 0.2) is 219 Å². The summed E-state index contributed by atoms with van der Waals surface area (Å²) in [6.07, 6.45) is 99.6. The van der Waals surface area contributed by atoms with E-state index >= 15 is 0 Å². The number of unbranched alkanes of at least 4 members (excludes halogenated alkanes) is 11. The summed E-state index contributed by atoms with van der Waals surface area (Å²) in [5.74, 6) is -2.46. The Hall–Kier alpha value is -6.62. The fourth-order valence-electron chi connectivity index (χ4n) is 9.55. The first-order valence-corrected chi connectivity index (χ1v) is 43.0. The van der Waals surface area contributed by atoms with Crippen molar-refractivity contribution in [3.05, 3.63) is 219 Å². The summed E-state index contributed by atoms with van der Waals surface area (Å²) in [6.45, 7) is 4.15. The van der Waals surface area contributed by atoms with Gasteiger partial charge in [-0.25, -0.2) is 9.13 Å². The Morgan fingerprint density at radius 3 is 0.815 bits per heavy atom. The molecule has 0 bridgehead atoms. The van der Waals surface area contributed by atoms with Gasteiger partial charge in [-0.1, -0.05) is 285 Å². The lowest BCUT2D eigenvalue weighted by molar-refractivity contribution is -0.161. The molecule has 606 valence electrons. The van der Waals surface area contributed by atoms with Crippen LogP contribution in [-0.4, -0.2) is 96.7 Å². The van der Waals surface area contributed by atoms with Crippen LogP contribution in [0.5, 0.6) is 0 Å². The van der Waals surface area contributed by atoms with E-state index < -0.39 is 97.5 Å². The average Bonchev–Trinajstić information content (AvgIpc) is 0.906. The first-order chi connectivity index (χ1) is 52.7. The van der Waals surface area contributed by atoms with Gasteiger partial charge in [-0.15, -0.1) is 0 Å². The Bertz CT molecular complexity index is 2910. The maximum atomic E-state index is 13.1. The number of hydrogen-bond donors (Lipinski definition) is 3. The summed E-state index contributed by atoms with van der Waals surface area (Å²) < 4.78 is 68.4. The van der Waals surface area contributed by atoms with Crippen molar-refractivity contribution in [1.82, 2.24) is 0 Å². The van der Waals surface area contributed by atoms with E-state index in [1.165, 1.54) is 0 Å². The van der Waals surface area contributed by atoms with Gasteiger partial charge < -0.3 is 33.8 Å². The van der Waals surface area contributed by atoms with Crippen molar-refractivity contribution < 1.29 is 80.2 Å². The molecule has 0 fully saturated rings. The van der Waals surface area contributed by atoms with Crippen LogP contribution in [0.1, 0.15) is 259 Å². The lowest BCUT2D eigenvalue weighted by Crippen LogP contribution is -2.30. The number of rotatable bonds is 72. The molecule has 0 aromatic heterocycles. The molecule has 19 heteroatoms. The molecule has 5 unspecified atom stereocenters. The second kappa shape index (κ2) is 78.5. The van der Waals surface area contributed by atoms with Crippen LogP contribution in [0.25, 0.3) is 0 Å². The summed E-state index contributed by atoms with van der Waals surface area (Å²) in [7, 11) is -10.0. The number of carbonyl (C=O) groups excluding carboxylic acids is 4. The number of aliphatic hydroxyl groups is 1. The van der Waals surface area contributed by atoms with E-state index in [9.17, 15) is 43.2 Å². The van der Waals surface area contributed by atoms with Crippen molar-refractivity contribution in [3.8, 4) is 0 Å². The standard InChI is InChI=1S/C89H138O17P2/c1-5-9-13-17-21-25-29-33-37-40-41-44-47-50-54-58-62-66-70-74-87(92)100-80-85(106-89(94)76-72-68-64-60-56-52-48-43-39-35-31-27-23-19-15-11-7-3)82-104-108(97,98)102-78-83(90)77-101-107(95,96)103-81-84(105-88(93)75-71-67-63-59-55-51-45-36-32-28-24-20-16-12-8-4)79-99-86(91)73-69-65-61-57-53-49-46-42-38-34-30-26-22-18-14-10-6-2/h9-16,21-28,33-39,41,44-46,48-49,52,55,57,59,61,67,71,83-85,90H,5-8,17-20,29-32,40,42-43,47,50-51,53-54,56,58,60,62-66,68-70,72-82H2,1-4H3,(H,95,96)(H,97,98)/b13-9-,14-10-,15-11-,16-12-,25-21-,26-22-,27-23-,28-24-,37-33-,38-34-,39-35-,44-41-,45-36-,49-46-,52-48-,59-55-,61-57-,71-67-. The van der Waals surface area contributed by atoms with Crippen LogP contribution < -0.4 is 0 Å². The Kier molecular flexibility index (Phi) is 73.7. The van der Waals surface area contributed by atoms with E-state index in [1.807, 2.05) is 24.3 Å². The Balaban J connectivity index is 5.55. The predicted molar refractivity (Wildman–Crippen MR) is 445 cm³/mol. The number of allylic oxidation sites excluding steroid dienone is 35. The molecule has 17 nitrogen and oxygen atoms in total. The normalized spacial score (nSPS) is 15.0. The molecule has 0 saturated heterocycles. The molecular formula is C89H138O17P2. The predicted octanol–water partition coefficient (Wildman–Crippen LogP) is 23.7. The summed E-state index contributed by atoms with van der Waals surface area (Å²) in [5, 5.41) is 10.6. The SMILES string of the molecule is CC/C=C\C/C=C\C/C=C\C/C=C\C/C=C\CCCC(=O)OCC(COP(=O)(O)OCC(O)COP(=O)(O)OCC(COC(=O)CCCCCCCC/C=C\C/C=C\C/C=C\C/C=C\CC)OC(=O)CCCCCC/C=C\C/C=C\C/C=C\C/C=C\CC)OC(=O)C/C=C\C/C=C\C/C=C\C/C=C\C/C=C\CC. The highest BCUT2D eigenvalue weighted by molar-refractivity contribution is 7.47. The maximum absolute atomic E-state index is 13.1. The Morgan fingerprint density at radius 2 is 0.500 bits per heavy atom. The van der Waals surface area contributed by atoms with Crippen LogP contribution in [-0.2, 0) is 65.4 Å². The van der Waals surface area contributed by atoms with Crippen molar-refractivity contribution in [2.75, 3.05) is 39.6 Å². The first kappa shape index (κ1) is 101. The molecule has 0 rings (SSSR count). The molecule has 3 N–H and O–H groups in total.